The van der Waals surface area contributed by atoms with Gasteiger partial charge in [-0.05, 0) is 44.9 Å². The van der Waals surface area contributed by atoms with Gasteiger partial charge >= 0.3 is 0 Å². The molecule has 4 nitrogen and oxygen atoms in total. The lowest BCUT2D eigenvalue weighted by molar-refractivity contribution is 0.239. The first kappa shape index (κ1) is 14.6. The minimum atomic E-state index is 0.157. The molecule has 2 aromatic rings. The molecule has 1 aromatic heterocycles. The molecule has 108 valence electrons. The van der Waals surface area contributed by atoms with Crippen LogP contribution in [0, 0.1) is 0 Å². The predicted molar refractivity (Wildman–Crippen MR) is 80.9 cm³/mol. The predicted octanol–water partition coefficient (Wildman–Crippen LogP) is 2.61. The van der Waals surface area contributed by atoms with Crippen LogP contribution in [-0.2, 0) is 13.0 Å². The summed E-state index contributed by atoms with van der Waals surface area (Å²) in [4.78, 5) is 0. The van der Waals surface area contributed by atoms with E-state index in [1.165, 1.54) is 5.56 Å². The van der Waals surface area contributed by atoms with Crippen LogP contribution >= 0.6 is 0 Å². The molecular formula is C16H23N3O. The average Bonchev–Trinajstić information content (AvgIpc) is 2.84. The van der Waals surface area contributed by atoms with Crippen LogP contribution in [0.1, 0.15) is 31.9 Å². The van der Waals surface area contributed by atoms with E-state index in [0.717, 1.165) is 17.7 Å². The summed E-state index contributed by atoms with van der Waals surface area (Å²) in [5, 5.41) is 4.26. The fourth-order valence-corrected chi connectivity index (χ4v) is 2.19. The summed E-state index contributed by atoms with van der Waals surface area (Å²) in [6.07, 6.45) is 4.77. The largest absolute Gasteiger partial charge is 0.491 e. The molecule has 1 unspecified atom stereocenters. The van der Waals surface area contributed by atoms with Crippen LogP contribution in [-0.4, -0.2) is 21.9 Å². The van der Waals surface area contributed by atoms with Gasteiger partial charge in [-0.2, -0.15) is 5.10 Å². The second kappa shape index (κ2) is 6.57. The molecule has 0 saturated heterocycles. The van der Waals surface area contributed by atoms with Crippen molar-refractivity contribution in [3.8, 4) is 5.75 Å². The molecular weight excluding hydrogens is 250 g/mol. The second-order valence-corrected chi connectivity index (χ2v) is 5.49. The number of benzene rings is 1. The number of nitrogens with zero attached hydrogens (tertiary/aromatic N) is 2. The third kappa shape index (κ3) is 4.10. The zero-order valence-corrected chi connectivity index (χ0v) is 12.4. The van der Waals surface area contributed by atoms with E-state index in [1.54, 1.807) is 6.20 Å². The molecule has 0 aliphatic heterocycles. The highest BCUT2D eigenvalue weighted by Crippen LogP contribution is 2.23. The van der Waals surface area contributed by atoms with E-state index in [0.29, 0.717) is 6.54 Å². The molecule has 4 heteroatoms. The van der Waals surface area contributed by atoms with Gasteiger partial charge in [0.25, 0.3) is 0 Å². The Bertz CT molecular complexity index is 533. The molecule has 0 bridgehead atoms. The molecule has 0 radical (unpaired) electrons. The SMILES string of the molecule is CC(N)Cc1ccc(OC(C)C)c(Cn2cccn2)c1. The topological polar surface area (TPSA) is 53.1 Å². The third-order valence-electron chi connectivity index (χ3n) is 2.94. The summed E-state index contributed by atoms with van der Waals surface area (Å²) in [6, 6.07) is 8.38. The lowest BCUT2D eigenvalue weighted by atomic mass is 10.0. The van der Waals surface area contributed by atoms with Crippen LogP contribution in [0.3, 0.4) is 0 Å². The van der Waals surface area contributed by atoms with Gasteiger partial charge < -0.3 is 10.5 Å². The Morgan fingerprint density at radius 2 is 2.10 bits per heavy atom. The molecule has 1 heterocycles. The molecule has 1 atom stereocenters. The van der Waals surface area contributed by atoms with Crippen molar-refractivity contribution < 1.29 is 4.74 Å². The molecule has 0 aliphatic rings. The summed E-state index contributed by atoms with van der Waals surface area (Å²) in [6.45, 7) is 6.80. The quantitative estimate of drug-likeness (QED) is 0.880. The maximum atomic E-state index is 5.88. The monoisotopic (exact) mass is 273 g/mol. The van der Waals surface area contributed by atoms with Gasteiger partial charge in [-0.1, -0.05) is 12.1 Å². The molecule has 2 N–H and O–H groups in total. The number of hydrogen-bond donors (Lipinski definition) is 1. The van der Waals surface area contributed by atoms with E-state index in [-0.39, 0.29) is 12.1 Å². The first-order valence-electron chi connectivity index (χ1n) is 7.06. The van der Waals surface area contributed by atoms with E-state index in [9.17, 15) is 0 Å². The van der Waals surface area contributed by atoms with Gasteiger partial charge in [-0.3, -0.25) is 4.68 Å². The summed E-state index contributed by atoms with van der Waals surface area (Å²) >= 11 is 0. The standard InChI is InChI=1S/C16H23N3O/c1-12(2)20-16-6-5-14(9-13(3)17)10-15(16)11-19-8-4-7-18-19/h4-8,10,12-13H,9,11,17H2,1-3H3. The van der Waals surface area contributed by atoms with Gasteiger partial charge in [0.15, 0.2) is 0 Å². The van der Waals surface area contributed by atoms with Crippen molar-refractivity contribution in [2.45, 2.75) is 45.9 Å². The Hall–Kier alpha value is -1.81. The van der Waals surface area contributed by atoms with Gasteiger partial charge in [0.2, 0.25) is 0 Å². The molecule has 0 spiro atoms. The molecule has 2 rings (SSSR count). The van der Waals surface area contributed by atoms with Crippen LogP contribution in [0.5, 0.6) is 5.75 Å². The minimum Gasteiger partial charge on any atom is -0.491 e. The lowest BCUT2D eigenvalue weighted by Gasteiger charge is -2.16. The number of hydrogen-bond acceptors (Lipinski definition) is 3. The van der Waals surface area contributed by atoms with Crippen LogP contribution in [0.15, 0.2) is 36.7 Å². The maximum Gasteiger partial charge on any atom is 0.124 e. The summed E-state index contributed by atoms with van der Waals surface area (Å²) in [5.41, 5.74) is 8.25. The molecule has 0 aliphatic carbocycles. The van der Waals surface area contributed by atoms with E-state index in [4.69, 9.17) is 10.5 Å². The fraction of sp³-hybridized carbons (Fsp3) is 0.438. The van der Waals surface area contributed by atoms with Crippen LogP contribution in [0.4, 0.5) is 0 Å². The highest BCUT2D eigenvalue weighted by atomic mass is 16.5. The van der Waals surface area contributed by atoms with Crippen molar-refractivity contribution in [2.24, 2.45) is 5.73 Å². The molecule has 0 fully saturated rings. The molecule has 0 amide bonds. The second-order valence-electron chi connectivity index (χ2n) is 5.49. The van der Waals surface area contributed by atoms with Crippen molar-refractivity contribution in [3.05, 3.63) is 47.8 Å². The number of ether oxygens (including phenoxy) is 1. The normalized spacial score (nSPS) is 12.7. The van der Waals surface area contributed by atoms with Gasteiger partial charge in [0, 0.05) is 24.0 Å². The zero-order valence-electron chi connectivity index (χ0n) is 12.4. The van der Waals surface area contributed by atoms with Crippen molar-refractivity contribution in [3.63, 3.8) is 0 Å². The van der Waals surface area contributed by atoms with Crippen molar-refractivity contribution in [1.82, 2.24) is 9.78 Å². The highest BCUT2D eigenvalue weighted by molar-refractivity contribution is 5.38. The van der Waals surface area contributed by atoms with Gasteiger partial charge in [-0.15, -0.1) is 0 Å². The van der Waals surface area contributed by atoms with Crippen molar-refractivity contribution in [1.29, 1.82) is 0 Å². The van der Waals surface area contributed by atoms with E-state index < -0.39 is 0 Å². The van der Waals surface area contributed by atoms with Crippen LogP contribution < -0.4 is 10.5 Å². The van der Waals surface area contributed by atoms with E-state index >= 15 is 0 Å². The summed E-state index contributed by atoms with van der Waals surface area (Å²) < 4.78 is 7.78. The summed E-state index contributed by atoms with van der Waals surface area (Å²) in [5.74, 6) is 0.920. The molecule has 20 heavy (non-hydrogen) atoms. The first-order chi connectivity index (χ1) is 9.54. The van der Waals surface area contributed by atoms with Crippen molar-refractivity contribution in [2.75, 3.05) is 0 Å². The smallest absolute Gasteiger partial charge is 0.124 e. The molecule has 0 saturated carbocycles. The van der Waals surface area contributed by atoms with E-state index in [2.05, 4.69) is 17.2 Å². The minimum absolute atomic E-state index is 0.157. The van der Waals surface area contributed by atoms with Crippen molar-refractivity contribution >= 4 is 0 Å². The van der Waals surface area contributed by atoms with Gasteiger partial charge in [-0.25, -0.2) is 0 Å². The van der Waals surface area contributed by atoms with E-state index in [1.807, 2.05) is 43.8 Å². The number of rotatable bonds is 6. The Morgan fingerprint density at radius 1 is 1.30 bits per heavy atom. The highest BCUT2D eigenvalue weighted by Gasteiger charge is 2.09. The maximum absolute atomic E-state index is 5.88. The fourth-order valence-electron chi connectivity index (χ4n) is 2.19. The van der Waals surface area contributed by atoms with Gasteiger partial charge in [0.05, 0.1) is 12.6 Å². The third-order valence-corrected chi connectivity index (χ3v) is 2.94. The van der Waals surface area contributed by atoms with Crippen LogP contribution in [0.25, 0.3) is 0 Å². The van der Waals surface area contributed by atoms with Crippen LogP contribution in [0.2, 0.25) is 0 Å². The van der Waals surface area contributed by atoms with Gasteiger partial charge in [0.1, 0.15) is 5.75 Å². The Kier molecular flexibility index (Phi) is 4.79. The summed E-state index contributed by atoms with van der Waals surface area (Å²) in [7, 11) is 0. The Balaban J connectivity index is 2.26. The Labute approximate surface area is 120 Å². The average molecular weight is 273 g/mol. The molecule has 1 aromatic carbocycles. The lowest BCUT2D eigenvalue weighted by Crippen LogP contribution is -2.18. The Morgan fingerprint density at radius 3 is 2.70 bits per heavy atom. The zero-order chi connectivity index (χ0) is 14.5. The number of nitrogens with two attached hydrogens (primary N) is 1. The number of aromatic nitrogens is 2. The first-order valence-corrected chi connectivity index (χ1v) is 7.06.